The summed E-state index contributed by atoms with van der Waals surface area (Å²) >= 11 is 0. The lowest BCUT2D eigenvalue weighted by molar-refractivity contribution is 0.103. The van der Waals surface area contributed by atoms with Crippen molar-refractivity contribution >= 4 is 18.2 Å². The van der Waals surface area contributed by atoms with Crippen molar-refractivity contribution in [2.75, 3.05) is 6.16 Å². The second-order valence-electron chi connectivity index (χ2n) is 12.0. The van der Waals surface area contributed by atoms with Crippen molar-refractivity contribution in [2.24, 2.45) is 0 Å². The van der Waals surface area contributed by atoms with Crippen molar-refractivity contribution < 1.29 is 14.2 Å². The van der Waals surface area contributed by atoms with Crippen molar-refractivity contribution in [1.82, 2.24) is 0 Å². The summed E-state index contributed by atoms with van der Waals surface area (Å²) in [7, 11) is -3.90. The molecule has 234 valence electrons. The zero-order chi connectivity index (χ0) is 31.1. The molecule has 0 heterocycles. The molecule has 2 aromatic rings. The van der Waals surface area contributed by atoms with Gasteiger partial charge in [-0.2, -0.15) is 0 Å². The molecule has 0 amide bonds. The summed E-state index contributed by atoms with van der Waals surface area (Å²) in [6.07, 6.45) is 16.2. The van der Waals surface area contributed by atoms with E-state index >= 15 is 4.57 Å². The van der Waals surface area contributed by atoms with Gasteiger partial charge in [0.25, 0.3) is 0 Å². The van der Waals surface area contributed by atoms with Gasteiger partial charge in [0.05, 0.1) is 0 Å². The Morgan fingerprint density at radius 3 is 1.07 bits per heavy atom. The molecule has 4 heteroatoms. The van der Waals surface area contributed by atoms with Gasteiger partial charge in [-0.05, 0) is 78.3 Å². The summed E-state index contributed by atoms with van der Waals surface area (Å²) in [5.74, 6) is 0. The van der Waals surface area contributed by atoms with Gasteiger partial charge in [-0.25, -0.2) is 0 Å². The van der Waals surface area contributed by atoms with Gasteiger partial charge >= 0.3 is 0 Å². The average molecular weight is 595 g/mol. The van der Waals surface area contributed by atoms with Crippen LogP contribution in [0.5, 0.6) is 0 Å². The highest BCUT2D eigenvalue weighted by Crippen LogP contribution is 2.54. The molecule has 0 aromatic heterocycles. The maximum atomic E-state index is 15.1. The smallest absolute Gasteiger partial charge is 0.229 e. The Kier molecular flexibility index (Phi) is 16.1. The third-order valence-electron chi connectivity index (χ3n) is 8.97. The second kappa shape index (κ2) is 18.6. The number of unbranched alkanes of at least 4 members (excludes halogenated alkanes) is 9. The predicted molar refractivity (Wildman–Crippen MR) is 182 cm³/mol. The molecule has 0 bridgehead atoms. The van der Waals surface area contributed by atoms with Crippen LogP contribution in [0.15, 0.2) is 24.3 Å². The van der Waals surface area contributed by atoms with Crippen molar-refractivity contribution in [3.63, 3.8) is 0 Å². The molecule has 2 aromatic carbocycles. The van der Waals surface area contributed by atoms with Crippen molar-refractivity contribution in [1.29, 1.82) is 0 Å². The third-order valence-corrected chi connectivity index (χ3v) is 11.7. The van der Waals surface area contributed by atoms with Crippen LogP contribution in [0.25, 0.3) is 0 Å². The molecule has 0 saturated carbocycles. The van der Waals surface area contributed by atoms with Crippen LogP contribution in [0.3, 0.4) is 0 Å². The molecule has 0 saturated heterocycles. The van der Waals surface area contributed by atoms with Crippen LogP contribution < -0.4 is 0 Å². The van der Waals surface area contributed by atoms with Crippen molar-refractivity contribution in [2.45, 2.75) is 151 Å². The number of hydrogen-bond donors (Lipinski definition) is 0. The summed E-state index contributed by atoms with van der Waals surface area (Å²) in [5.41, 5.74) is 6.41. The Labute approximate surface area is 258 Å². The van der Waals surface area contributed by atoms with Crippen molar-refractivity contribution in [3.8, 4) is 0 Å². The highest BCUT2D eigenvalue weighted by molar-refractivity contribution is 7.95. The van der Waals surface area contributed by atoms with Gasteiger partial charge in [0.15, 0.2) is 0 Å². The van der Waals surface area contributed by atoms with E-state index in [0.29, 0.717) is 43.2 Å². The van der Waals surface area contributed by atoms with Gasteiger partial charge < -0.3 is 4.57 Å². The molecule has 0 aliphatic heterocycles. The Bertz CT molecular complexity index is 1080. The van der Waals surface area contributed by atoms with Gasteiger partial charge in [0, 0.05) is 17.3 Å². The number of carbonyl (C=O) groups excluding carboxylic acids is 2. The van der Waals surface area contributed by atoms with E-state index in [1.165, 1.54) is 49.7 Å². The van der Waals surface area contributed by atoms with Gasteiger partial charge in [0.1, 0.15) is 0 Å². The van der Waals surface area contributed by atoms with E-state index in [0.717, 1.165) is 54.4 Å². The monoisotopic (exact) mass is 594 g/mol. The zero-order valence-corrected chi connectivity index (χ0v) is 28.9. The minimum absolute atomic E-state index is 0.171. The van der Waals surface area contributed by atoms with E-state index in [9.17, 15) is 9.59 Å². The summed E-state index contributed by atoms with van der Waals surface area (Å²) in [6, 6.07) is 8.36. The van der Waals surface area contributed by atoms with E-state index in [2.05, 4.69) is 45.0 Å². The quantitative estimate of drug-likeness (QED) is 0.107. The fraction of sp³-hybridized carbons (Fsp3) is 0.632. The topological polar surface area (TPSA) is 51.2 Å². The summed E-state index contributed by atoms with van der Waals surface area (Å²) in [5, 5.41) is 0. The Morgan fingerprint density at radius 2 is 0.786 bits per heavy atom. The van der Waals surface area contributed by atoms with E-state index in [1.54, 1.807) is 0 Å². The van der Waals surface area contributed by atoms with Crippen LogP contribution in [-0.2, 0) is 43.1 Å². The molecular formula is C38H59O3P. The van der Waals surface area contributed by atoms with E-state index in [4.69, 9.17) is 0 Å². The molecule has 0 unspecified atom stereocenters. The van der Waals surface area contributed by atoms with E-state index < -0.39 is 18.2 Å². The molecule has 0 N–H and O–H groups in total. The number of rotatable bonds is 21. The van der Waals surface area contributed by atoms with Crippen LogP contribution in [0.2, 0.25) is 0 Å². The standard InChI is InChI=1S/C38H59O3P/c1-8-15-16-17-18-19-20-21-22-23-24-42(41,37(39)35-31(11-4)25-29(9-2)26-32(35)12-5)38(40)36-33(13-6)27-30(10-3)28-34(36)14-7/h25-28H,8-24H2,1-7H3. The second-order valence-corrected chi connectivity index (χ2v) is 14.7. The fourth-order valence-electron chi connectivity index (χ4n) is 6.23. The van der Waals surface area contributed by atoms with Gasteiger partial charge in [-0.1, -0.05) is 131 Å². The third kappa shape index (κ3) is 9.25. The number of carbonyl (C=O) groups is 2. The first-order chi connectivity index (χ1) is 20.3. The number of benzene rings is 2. The lowest BCUT2D eigenvalue weighted by Crippen LogP contribution is -2.19. The summed E-state index contributed by atoms with van der Waals surface area (Å²) < 4.78 is 15.1. The SMILES string of the molecule is CCCCCCCCCCCCP(=O)(C(=O)c1c(CC)cc(CC)cc1CC)C(=O)c1c(CC)cc(CC)cc1CC. The lowest BCUT2D eigenvalue weighted by atomic mass is 9.94. The molecule has 0 aliphatic rings. The molecule has 0 fully saturated rings. The number of hydrogen-bond acceptors (Lipinski definition) is 3. The van der Waals surface area contributed by atoms with Crippen molar-refractivity contribution in [3.05, 3.63) is 68.8 Å². The van der Waals surface area contributed by atoms with Crippen LogP contribution in [0.4, 0.5) is 0 Å². The summed E-state index contributed by atoms with van der Waals surface area (Å²) in [6.45, 7) is 14.7. The first kappa shape index (κ1) is 36.2. The lowest BCUT2D eigenvalue weighted by Gasteiger charge is -2.23. The van der Waals surface area contributed by atoms with Crippen LogP contribution in [0.1, 0.15) is 167 Å². The highest BCUT2D eigenvalue weighted by atomic mass is 31.2. The van der Waals surface area contributed by atoms with Crippen LogP contribution in [-0.4, -0.2) is 17.2 Å². The molecule has 0 aliphatic carbocycles. The van der Waals surface area contributed by atoms with Crippen LogP contribution >= 0.6 is 7.14 Å². The average Bonchev–Trinajstić information content (AvgIpc) is 3.03. The Hall–Kier alpha value is -1.99. The first-order valence-corrected chi connectivity index (χ1v) is 19.1. The maximum Gasteiger partial charge on any atom is 0.229 e. The minimum Gasteiger partial charge on any atom is -0.307 e. The minimum atomic E-state index is -3.90. The fourth-order valence-corrected chi connectivity index (χ4v) is 8.79. The van der Waals surface area contributed by atoms with Crippen LogP contribution in [0, 0.1) is 0 Å². The molecular weight excluding hydrogens is 535 g/mol. The van der Waals surface area contributed by atoms with Gasteiger partial charge in [-0.3, -0.25) is 9.59 Å². The zero-order valence-electron chi connectivity index (χ0n) is 28.0. The highest BCUT2D eigenvalue weighted by Gasteiger charge is 2.43. The largest absolute Gasteiger partial charge is 0.307 e. The van der Waals surface area contributed by atoms with E-state index in [1.807, 2.05) is 27.7 Å². The Morgan fingerprint density at radius 1 is 0.476 bits per heavy atom. The normalized spacial score (nSPS) is 11.7. The maximum absolute atomic E-state index is 15.1. The molecule has 0 radical (unpaired) electrons. The molecule has 0 spiro atoms. The molecule has 2 rings (SSSR count). The van der Waals surface area contributed by atoms with Gasteiger partial charge in [-0.15, -0.1) is 0 Å². The predicted octanol–water partition coefficient (Wildman–Crippen LogP) is 11.3. The first-order valence-electron chi connectivity index (χ1n) is 17.2. The molecule has 0 atom stereocenters. The van der Waals surface area contributed by atoms with Gasteiger partial charge in [0.2, 0.25) is 18.2 Å². The molecule has 3 nitrogen and oxygen atoms in total. The summed E-state index contributed by atoms with van der Waals surface area (Å²) in [4.78, 5) is 29.1. The number of aryl methyl sites for hydroxylation is 6. The Balaban J connectivity index is 2.47. The molecule has 42 heavy (non-hydrogen) atoms. The van der Waals surface area contributed by atoms with E-state index in [-0.39, 0.29) is 6.16 Å².